The molecule has 1 aliphatic carbocycles. The first-order chi connectivity index (χ1) is 7.75. The van der Waals surface area contributed by atoms with Gasteiger partial charge in [-0.05, 0) is 25.8 Å². The van der Waals surface area contributed by atoms with Gasteiger partial charge in [-0.2, -0.15) is 5.10 Å². The summed E-state index contributed by atoms with van der Waals surface area (Å²) in [6.45, 7) is 1.90. The van der Waals surface area contributed by atoms with Crippen molar-refractivity contribution in [2.24, 2.45) is 0 Å². The highest BCUT2D eigenvalue weighted by molar-refractivity contribution is 6.30. The normalized spacial score (nSPS) is 15.4. The minimum absolute atomic E-state index is 0.480. The predicted octanol–water partition coefficient (Wildman–Crippen LogP) is 2.50. The Morgan fingerprint density at radius 2 is 2.19 bits per heavy atom. The third kappa shape index (κ3) is 1.59. The van der Waals surface area contributed by atoms with Gasteiger partial charge in [0.1, 0.15) is 11.5 Å². The maximum atomic E-state index is 5.95. The van der Waals surface area contributed by atoms with Crippen LogP contribution in [-0.4, -0.2) is 19.7 Å². The molecule has 82 valence electrons. The van der Waals surface area contributed by atoms with E-state index in [-0.39, 0.29) is 0 Å². The summed E-state index contributed by atoms with van der Waals surface area (Å²) in [5, 5.41) is 4.99. The second kappa shape index (κ2) is 3.56. The molecule has 16 heavy (non-hydrogen) atoms. The molecule has 0 N–H and O–H groups in total. The van der Waals surface area contributed by atoms with Crippen LogP contribution in [0, 0.1) is 6.92 Å². The number of hydrogen-bond acceptors (Lipinski definition) is 3. The van der Waals surface area contributed by atoms with E-state index in [0.717, 1.165) is 17.1 Å². The second-order valence-corrected chi connectivity index (χ2v) is 4.43. The average Bonchev–Trinajstić information content (AvgIpc) is 3.02. The van der Waals surface area contributed by atoms with Crippen LogP contribution in [0.5, 0.6) is 0 Å². The molecule has 0 aromatic carbocycles. The molecule has 2 aromatic heterocycles. The lowest BCUT2D eigenvalue weighted by Gasteiger charge is -2.04. The molecule has 0 aliphatic heterocycles. The highest BCUT2D eigenvalue weighted by atomic mass is 35.5. The fourth-order valence-corrected chi connectivity index (χ4v) is 1.83. The zero-order valence-corrected chi connectivity index (χ0v) is 9.65. The van der Waals surface area contributed by atoms with E-state index in [1.807, 2.05) is 19.2 Å². The van der Waals surface area contributed by atoms with E-state index in [4.69, 9.17) is 11.6 Å². The number of aromatic nitrogens is 4. The first-order valence-electron chi connectivity index (χ1n) is 5.29. The van der Waals surface area contributed by atoms with Crippen LogP contribution in [0.4, 0.5) is 0 Å². The van der Waals surface area contributed by atoms with Crippen LogP contribution < -0.4 is 0 Å². The van der Waals surface area contributed by atoms with Gasteiger partial charge in [-0.15, -0.1) is 0 Å². The summed E-state index contributed by atoms with van der Waals surface area (Å²) in [7, 11) is 0. The van der Waals surface area contributed by atoms with Crippen LogP contribution in [0.1, 0.15) is 30.0 Å². The Labute approximate surface area is 98.3 Å². The Morgan fingerprint density at radius 1 is 1.38 bits per heavy atom. The Kier molecular flexibility index (Phi) is 2.17. The van der Waals surface area contributed by atoms with Gasteiger partial charge < -0.3 is 0 Å². The van der Waals surface area contributed by atoms with Crippen molar-refractivity contribution >= 4 is 11.6 Å². The number of halogens is 1. The van der Waals surface area contributed by atoms with E-state index in [1.54, 1.807) is 4.68 Å². The van der Waals surface area contributed by atoms with E-state index in [9.17, 15) is 0 Å². The Morgan fingerprint density at radius 3 is 2.94 bits per heavy atom. The van der Waals surface area contributed by atoms with Crippen LogP contribution in [0.15, 0.2) is 18.6 Å². The molecule has 5 heteroatoms. The molecule has 2 aromatic rings. The van der Waals surface area contributed by atoms with Crippen molar-refractivity contribution in [3.05, 3.63) is 35.0 Å². The molecule has 0 saturated heterocycles. The summed E-state index contributed by atoms with van der Waals surface area (Å²) in [5.74, 6) is 1.41. The van der Waals surface area contributed by atoms with Gasteiger partial charge in [-0.25, -0.2) is 14.6 Å². The van der Waals surface area contributed by atoms with Gasteiger partial charge in [0.2, 0.25) is 0 Å². The van der Waals surface area contributed by atoms with Gasteiger partial charge in [0.05, 0.1) is 5.69 Å². The Balaban J connectivity index is 2.03. The lowest BCUT2D eigenvalue weighted by molar-refractivity contribution is 0.800. The standard InChI is InChI=1S/C11H11ClN4/c1-7-10(12)13-6-14-11(7)16-5-4-9(15-16)8-2-3-8/h4-6,8H,2-3H2,1H3. The van der Waals surface area contributed by atoms with Crippen LogP contribution in [-0.2, 0) is 0 Å². The van der Waals surface area contributed by atoms with E-state index in [2.05, 4.69) is 15.1 Å². The van der Waals surface area contributed by atoms with E-state index >= 15 is 0 Å². The minimum Gasteiger partial charge on any atom is -0.224 e. The smallest absolute Gasteiger partial charge is 0.161 e. The molecular weight excluding hydrogens is 224 g/mol. The maximum Gasteiger partial charge on any atom is 0.161 e. The fourth-order valence-electron chi connectivity index (χ4n) is 1.70. The van der Waals surface area contributed by atoms with Gasteiger partial charge in [0.15, 0.2) is 5.82 Å². The summed E-state index contributed by atoms with van der Waals surface area (Å²) >= 11 is 5.95. The first kappa shape index (κ1) is 9.78. The first-order valence-corrected chi connectivity index (χ1v) is 5.66. The zero-order valence-electron chi connectivity index (χ0n) is 8.89. The Bertz CT molecular complexity index is 531. The highest BCUT2D eigenvalue weighted by Gasteiger charge is 2.26. The molecule has 0 atom stereocenters. The van der Waals surface area contributed by atoms with Crippen LogP contribution >= 0.6 is 11.6 Å². The van der Waals surface area contributed by atoms with E-state index < -0.39 is 0 Å². The predicted molar refractivity (Wildman–Crippen MR) is 60.9 cm³/mol. The number of rotatable bonds is 2. The molecule has 1 saturated carbocycles. The fraction of sp³-hybridized carbons (Fsp3) is 0.364. The zero-order chi connectivity index (χ0) is 11.1. The molecule has 1 fully saturated rings. The quantitative estimate of drug-likeness (QED) is 0.750. The molecule has 0 amide bonds. The molecule has 0 bridgehead atoms. The molecule has 3 rings (SSSR count). The molecule has 0 spiro atoms. The minimum atomic E-state index is 0.480. The van der Waals surface area contributed by atoms with Gasteiger partial charge in [-0.3, -0.25) is 0 Å². The second-order valence-electron chi connectivity index (χ2n) is 4.07. The largest absolute Gasteiger partial charge is 0.224 e. The van der Waals surface area contributed by atoms with Crippen molar-refractivity contribution in [3.63, 3.8) is 0 Å². The summed E-state index contributed by atoms with van der Waals surface area (Å²) in [6.07, 6.45) is 5.89. The summed E-state index contributed by atoms with van der Waals surface area (Å²) < 4.78 is 1.77. The maximum absolute atomic E-state index is 5.95. The SMILES string of the molecule is Cc1c(Cl)ncnc1-n1ccc(C2CC2)n1. The van der Waals surface area contributed by atoms with Gasteiger partial charge >= 0.3 is 0 Å². The summed E-state index contributed by atoms with van der Waals surface area (Å²) in [4.78, 5) is 8.14. The lowest BCUT2D eigenvalue weighted by Crippen LogP contribution is -2.03. The highest BCUT2D eigenvalue weighted by Crippen LogP contribution is 2.39. The van der Waals surface area contributed by atoms with Crippen molar-refractivity contribution in [1.82, 2.24) is 19.7 Å². The molecule has 4 nitrogen and oxygen atoms in total. The third-order valence-electron chi connectivity index (χ3n) is 2.82. The van der Waals surface area contributed by atoms with E-state index in [0.29, 0.717) is 11.1 Å². The van der Waals surface area contributed by atoms with Gasteiger partial charge in [0, 0.05) is 17.7 Å². The van der Waals surface area contributed by atoms with Gasteiger partial charge in [0.25, 0.3) is 0 Å². The third-order valence-corrected chi connectivity index (χ3v) is 3.20. The Hall–Kier alpha value is -1.42. The molecule has 0 unspecified atom stereocenters. The molecule has 1 aliphatic rings. The van der Waals surface area contributed by atoms with E-state index in [1.165, 1.54) is 19.2 Å². The van der Waals surface area contributed by atoms with Crippen molar-refractivity contribution in [1.29, 1.82) is 0 Å². The van der Waals surface area contributed by atoms with Crippen molar-refractivity contribution in [3.8, 4) is 5.82 Å². The number of nitrogens with zero attached hydrogens (tertiary/aromatic N) is 4. The van der Waals surface area contributed by atoms with Crippen LogP contribution in [0.3, 0.4) is 0 Å². The van der Waals surface area contributed by atoms with Crippen molar-refractivity contribution in [2.75, 3.05) is 0 Å². The topological polar surface area (TPSA) is 43.6 Å². The molecule has 2 heterocycles. The molecule has 0 radical (unpaired) electrons. The number of hydrogen-bond donors (Lipinski definition) is 0. The monoisotopic (exact) mass is 234 g/mol. The van der Waals surface area contributed by atoms with Crippen molar-refractivity contribution < 1.29 is 0 Å². The van der Waals surface area contributed by atoms with Crippen LogP contribution in [0.2, 0.25) is 5.15 Å². The lowest BCUT2D eigenvalue weighted by atomic mass is 10.3. The summed E-state index contributed by atoms with van der Waals surface area (Å²) in [5.41, 5.74) is 2.00. The average molecular weight is 235 g/mol. The summed E-state index contributed by atoms with van der Waals surface area (Å²) in [6, 6.07) is 2.05. The van der Waals surface area contributed by atoms with Crippen molar-refractivity contribution in [2.45, 2.75) is 25.7 Å². The van der Waals surface area contributed by atoms with Gasteiger partial charge in [-0.1, -0.05) is 11.6 Å². The van der Waals surface area contributed by atoms with Crippen LogP contribution in [0.25, 0.3) is 5.82 Å². The molecular formula is C11H11ClN4.